The number of carbonyl (C=O) groups excluding carboxylic acids is 1. The normalized spacial score (nSPS) is 16.8. The predicted molar refractivity (Wildman–Crippen MR) is 98.3 cm³/mol. The first-order chi connectivity index (χ1) is 11.8. The third kappa shape index (κ3) is 2.50. The van der Waals surface area contributed by atoms with Crippen LogP contribution in [0.2, 0.25) is 0 Å². The number of anilines is 1. The molecule has 0 aliphatic heterocycles. The molecule has 0 spiro atoms. The van der Waals surface area contributed by atoms with Gasteiger partial charge in [-0.05, 0) is 49.9 Å². The van der Waals surface area contributed by atoms with Gasteiger partial charge in [0.2, 0.25) is 5.91 Å². The summed E-state index contributed by atoms with van der Waals surface area (Å²) >= 11 is 0. The Kier molecular flexibility index (Phi) is 3.85. The van der Waals surface area contributed by atoms with Crippen LogP contribution in [-0.2, 0) is 17.6 Å². The summed E-state index contributed by atoms with van der Waals surface area (Å²) in [4.78, 5) is 18.6. The minimum absolute atomic E-state index is 0.0665. The Morgan fingerprint density at radius 3 is 2.67 bits per heavy atom. The molecule has 1 heterocycles. The lowest BCUT2D eigenvalue weighted by Crippen LogP contribution is -2.38. The first-order valence-corrected chi connectivity index (χ1v) is 8.72. The van der Waals surface area contributed by atoms with Gasteiger partial charge in [-0.1, -0.05) is 36.4 Å². The van der Waals surface area contributed by atoms with Crippen LogP contribution >= 0.6 is 0 Å². The molecule has 0 saturated heterocycles. The van der Waals surface area contributed by atoms with Gasteiger partial charge in [0.05, 0.1) is 0 Å². The summed E-state index contributed by atoms with van der Waals surface area (Å²) in [6, 6.07) is 18.4. The molecule has 4 rings (SSSR count). The number of nitrogens with one attached hydrogen (secondary N) is 1. The van der Waals surface area contributed by atoms with E-state index < -0.39 is 0 Å². The Morgan fingerprint density at radius 2 is 1.88 bits per heavy atom. The van der Waals surface area contributed by atoms with Crippen LogP contribution in [0.4, 0.5) is 5.69 Å². The van der Waals surface area contributed by atoms with E-state index in [0.717, 1.165) is 24.9 Å². The van der Waals surface area contributed by atoms with Crippen molar-refractivity contribution in [2.75, 3.05) is 11.4 Å². The SMILES string of the molecule is CCN(C(=O)C1CCc2[nH]c3ccccc3c2C1)c1ccccc1. The molecule has 1 amide bonds. The number of H-pyrrole nitrogens is 1. The second-order valence-corrected chi connectivity index (χ2v) is 6.49. The molecule has 1 aliphatic carbocycles. The van der Waals surface area contributed by atoms with E-state index in [1.165, 1.54) is 22.2 Å². The molecular formula is C21H22N2O. The summed E-state index contributed by atoms with van der Waals surface area (Å²) in [5, 5.41) is 1.27. The van der Waals surface area contributed by atoms with E-state index in [2.05, 4.69) is 29.2 Å². The van der Waals surface area contributed by atoms with Crippen molar-refractivity contribution in [3.8, 4) is 0 Å². The van der Waals surface area contributed by atoms with E-state index in [1.54, 1.807) is 0 Å². The smallest absolute Gasteiger partial charge is 0.230 e. The van der Waals surface area contributed by atoms with E-state index in [-0.39, 0.29) is 11.8 Å². The number of aromatic nitrogens is 1. The molecular weight excluding hydrogens is 296 g/mol. The summed E-state index contributed by atoms with van der Waals surface area (Å²) in [7, 11) is 0. The molecule has 3 aromatic rings. The Morgan fingerprint density at radius 1 is 1.12 bits per heavy atom. The molecule has 0 radical (unpaired) electrons. The van der Waals surface area contributed by atoms with Gasteiger partial charge in [0, 0.05) is 34.7 Å². The molecule has 1 atom stereocenters. The van der Waals surface area contributed by atoms with Gasteiger partial charge in [-0.15, -0.1) is 0 Å². The van der Waals surface area contributed by atoms with Gasteiger partial charge in [0.1, 0.15) is 0 Å². The molecule has 0 bridgehead atoms. The van der Waals surface area contributed by atoms with Crippen molar-refractivity contribution >= 4 is 22.5 Å². The van der Waals surface area contributed by atoms with Crippen molar-refractivity contribution in [3.63, 3.8) is 0 Å². The standard InChI is InChI=1S/C21H22N2O/c1-2-23(16-8-4-3-5-9-16)21(24)15-12-13-20-18(14-15)17-10-6-7-11-19(17)22-20/h3-11,15,22H,2,12-14H2,1H3. The fraction of sp³-hybridized carbons (Fsp3) is 0.286. The first-order valence-electron chi connectivity index (χ1n) is 8.72. The molecule has 122 valence electrons. The zero-order valence-corrected chi connectivity index (χ0v) is 14.0. The number of aromatic amines is 1. The molecule has 24 heavy (non-hydrogen) atoms. The molecule has 1 N–H and O–H groups in total. The van der Waals surface area contributed by atoms with E-state index in [0.29, 0.717) is 6.54 Å². The van der Waals surface area contributed by atoms with Gasteiger partial charge in [-0.25, -0.2) is 0 Å². The van der Waals surface area contributed by atoms with Crippen molar-refractivity contribution in [2.45, 2.75) is 26.2 Å². The molecule has 3 heteroatoms. The number of amides is 1. The zero-order chi connectivity index (χ0) is 16.5. The van der Waals surface area contributed by atoms with E-state index in [9.17, 15) is 4.79 Å². The lowest BCUT2D eigenvalue weighted by Gasteiger charge is -2.29. The Hall–Kier alpha value is -2.55. The number of carbonyl (C=O) groups is 1. The van der Waals surface area contributed by atoms with Crippen LogP contribution in [0.25, 0.3) is 10.9 Å². The highest BCUT2D eigenvalue weighted by Gasteiger charge is 2.30. The molecule has 1 aromatic heterocycles. The van der Waals surface area contributed by atoms with Crippen LogP contribution in [-0.4, -0.2) is 17.4 Å². The van der Waals surface area contributed by atoms with Gasteiger partial charge in [0.25, 0.3) is 0 Å². The van der Waals surface area contributed by atoms with Gasteiger partial charge in [-0.2, -0.15) is 0 Å². The van der Waals surface area contributed by atoms with E-state index in [1.807, 2.05) is 42.2 Å². The maximum absolute atomic E-state index is 13.1. The lowest BCUT2D eigenvalue weighted by molar-refractivity contribution is -0.122. The number of hydrogen-bond donors (Lipinski definition) is 1. The van der Waals surface area contributed by atoms with Gasteiger partial charge >= 0.3 is 0 Å². The van der Waals surface area contributed by atoms with Crippen molar-refractivity contribution in [1.82, 2.24) is 4.98 Å². The van der Waals surface area contributed by atoms with E-state index >= 15 is 0 Å². The van der Waals surface area contributed by atoms with E-state index in [4.69, 9.17) is 0 Å². The van der Waals surface area contributed by atoms with Crippen molar-refractivity contribution in [3.05, 3.63) is 65.9 Å². The van der Waals surface area contributed by atoms with Crippen molar-refractivity contribution in [1.29, 1.82) is 0 Å². The predicted octanol–water partition coefficient (Wildman–Crippen LogP) is 4.33. The fourth-order valence-corrected chi connectivity index (χ4v) is 3.87. The fourth-order valence-electron chi connectivity index (χ4n) is 3.87. The quantitative estimate of drug-likeness (QED) is 0.767. The van der Waals surface area contributed by atoms with Crippen LogP contribution in [0.1, 0.15) is 24.6 Å². The minimum Gasteiger partial charge on any atom is -0.358 e. The number of aryl methyl sites for hydroxylation is 1. The molecule has 1 unspecified atom stereocenters. The largest absolute Gasteiger partial charge is 0.358 e. The van der Waals surface area contributed by atoms with Crippen LogP contribution in [0.3, 0.4) is 0 Å². The zero-order valence-electron chi connectivity index (χ0n) is 14.0. The van der Waals surface area contributed by atoms with Crippen LogP contribution < -0.4 is 4.90 Å². The second kappa shape index (κ2) is 6.16. The average molecular weight is 318 g/mol. The number of para-hydroxylation sites is 2. The summed E-state index contributed by atoms with van der Waals surface area (Å²) in [5.74, 6) is 0.316. The first kappa shape index (κ1) is 15.0. The third-order valence-corrected chi connectivity index (χ3v) is 5.09. The minimum atomic E-state index is 0.0665. The Balaban J connectivity index is 1.63. The second-order valence-electron chi connectivity index (χ2n) is 6.49. The molecule has 1 aliphatic rings. The lowest BCUT2D eigenvalue weighted by atomic mass is 9.85. The molecule has 0 saturated carbocycles. The topological polar surface area (TPSA) is 36.1 Å². The molecule has 3 nitrogen and oxygen atoms in total. The third-order valence-electron chi connectivity index (χ3n) is 5.09. The monoisotopic (exact) mass is 318 g/mol. The highest BCUT2D eigenvalue weighted by Crippen LogP contribution is 2.33. The highest BCUT2D eigenvalue weighted by molar-refractivity contribution is 5.96. The van der Waals surface area contributed by atoms with Crippen molar-refractivity contribution < 1.29 is 4.79 Å². The Labute approximate surface area is 142 Å². The summed E-state index contributed by atoms with van der Waals surface area (Å²) < 4.78 is 0. The number of benzene rings is 2. The Bertz CT molecular complexity index is 866. The maximum atomic E-state index is 13.1. The van der Waals surface area contributed by atoms with Crippen molar-refractivity contribution in [2.24, 2.45) is 5.92 Å². The van der Waals surface area contributed by atoms with Crippen LogP contribution in [0, 0.1) is 5.92 Å². The average Bonchev–Trinajstić information content (AvgIpc) is 3.01. The number of nitrogens with zero attached hydrogens (tertiary/aromatic N) is 1. The van der Waals surface area contributed by atoms with Gasteiger partial charge in [0.15, 0.2) is 0 Å². The summed E-state index contributed by atoms with van der Waals surface area (Å²) in [5.41, 5.74) is 4.82. The summed E-state index contributed by atoms with van der Waals surface area (Å²) in [6.45, 7) is 2.75. The van der Waals surface area contributed by atoms with Crippen LogP contribution in [0.15, 0.2) is 54.6 Å². The van der Waals surface area contributed by atoms with Gasteiger partial charge < -0.3 is 9.88 Å². The molecule has 2 aromatic carbocycles. The van der Waals surface area contributed by atoms with Crippen LogP contribution in [0.5, 0.6) is 0 Å². The van der Waals surface area contributed by atoms with Gasteiger partial charge in [-0.3, -0.25) is 4.79 Å². The number of fused-ring (bicyclic) bond motifs is 3. The number of hydrogen-bond acceptors (Lipinski definition) is 1. The maximum Gasteiger partial charge on any atom is 0.230 e. The number of rotatable bonds is 3. The molecule has 0 fully saturated rings. The summed E-state index contributed by atoms with van der Waals surface area (Å²) in [6.07, 6.45) is 2.70. The highest BCUT2D eigenvalue weighted by atomic mass is 16.2.